The number of rotatable bonds is 8. The van der Waals surface area contributed by atoms with E-state index in [0.29, 0.717) is 44.4 Å². The van der Waals surface area contributed by atoms with E-state index in [0.717, 1.165) is 21.5 Å². The molecule has 0 aliphatic carbocycles. The Morgan fingerprint density at radius 3 is 2.86 bits per heavy atom. The molecule has 5 nitrogen and oxygen atoms in total. The first-order chi connectivity index (χ1) is 14.0. The van der Waals surface area contributed by atoms with Crippen LogP contribution in [-0.4, -0.2) is 29.9 Å². The van der Waals surface area contributed by atoms with Gasteiger partial charge < -0.3 is 15.0 Å². The van der Waals surface area contributed by atoms with Crippen molar-refractivity contribution in [3.63, 3.8) is 0 Å². The van der Waals surface area contributed by atoms with Gasteiger partial charge in [0.25, 0.3) is 0 Å². The van der Waals surface area contributed by atoms with Gasteiger partial charge in [0.2, 0.25) is 11.8 Å². The number of fused-ring (bicyclic) bond motifs is 1. The molecule has 2 amide bonds. The lowest BCUT2D eigenvalue weighted by molar-refractivity contribution is -0.131. The Morgan fingerprint density at radius 1 is 1.24 bits per heavy atom. The lowest BCUT2D eigenvalue weighted by Crippen LogP contribution is -2.30. The highest BCUT2D eigenvalue weighted by Crippen LogP contribution is 2.27. The van der Waals surface area contributed by atoms with Crippen LogP contribution in [0.4, 0.5) is 10.1 Å². The van der Waals surface area contributed by atoms with Crippen LogP contribution < -0.4 is 10.1 Å². The van der Waals surface area contributed by atoms with E-state index in [1.807, 2.05) is 25.1 Å². The normalized spacial score (nSPS) is 12.9. The van der Waals surface area contributed by atoms with Gasteiger partial charge in [-0.2, -0.15) is 0 Å². The molecule has 2 aromatic carbocycles. The van der Waals surface area contributed by atoms with Crippen molar-refractivity contribution >= 4 is 33.4 Å². The van der Waals surface area contributed by atoms with Crippen molar-refractivity contribution in [1.82, 2.24) is 4.90 Å². The zero-order chi connectivity index (χ0) is 20.8. The Kier molecular flexibility index (Phi) is 7.25. The lowest BCUT2D eigenvalue weighted by atomic mass is 10.0. The molecule has 1 heterocycles. The van der Waals surface area contributed by atoms with E-state index in [1.54, 1.807) is 17.0 Å². The third-order valence-corrected chi connectivity index (χ3v) is 5.37. The van der Waals surface area contributed by atoms with Gasteiger partial charge in [-0.15, -0.1) is 0 Å². The quantitative estimate of drug-likeness (QED) is 0.579. The maximum Gasteiger partial charge on any atom is 0.224 e. The first-order valence-electron chi connectivity index (χ1n) is 9.73. The number of aryl methyl sites for hydroxylation is 1. The molecular weight excluding hydrogens is 439 g/mol. The van der Waals surface area contributed by atoms with Crippen LogP contribution >= 0.6 is 15.9 Å². The van der Waals surface area contributed by atoms with E-state index >= 15 is 0 Å². The van der Waals surface area contributed by atoms with Gasteiger partial charge in [0, 0.05) is 41.7 Å². The topological polar surface area (TPSA) is 58.6 Å². The third kappa shape index (κ3) is 5.79. The van der Waals surface area contributed by atoms with Crippen LogP contribution in [0.2, 0.25) is 0 Å². The Balaban J connectivity index is 1.47. The minimum absolute atomic E-state index is 0.0244. The van der Waals surface area contributed by atoms with E-state index in [4.69, 9.17) is 4.74 Å². The number of carbonyl (C=O) groups is 2. The maximum atomic E-state index is 14.0. The fourth-order valence-electron chi connectivity index (χ4n) is 3.27. The SMILES string of the molecule is CCN(Cc1cc(Br)ccc1F)C(=O)CCCOc1ccc2c(c1)CCC(=O)N2. The predicted octanol–water partition coefficient (Wildman–Crippen LogP) is 4.68. The minimum atomic E-state index is -0.314. The van der Waals surface area contributed by atoms with Crippen LogP contribution in [0.25, 0.3) is 0 Å². The molecule has 1 aliphatic rings. The molecule has 0 aromatic heterocycles. The summed E-state index contributed by atoms with van der Waals surface area (Å²) in [7, 11) is 0. The summed E-state index contributed by atoms with van der Waals surface area (Å²) in [4.78, 5) is 25.6. The van der Waals surface area contributed by atoms with Gasteiger partial charge in [-0.1, -0.05) is 15.9 Å². The Morgan fingerprint density at radius 2 is 2.07 bits per heavy atom. The molecular formula is C22H24BrFN2O3. The van der Waals surface area contributed by atoms with E-state index in [1.165, 1.54) is 6.07 Å². The van der Waals surface area contributed by atoms with Gasteiger partial charge in [0.05, 0.1) is 6.61 Å². The molecule has 0 bridgehead atoms. The fraction of sp³-hybridized carbons (Fsp3) is 0.364. The first kappa shape index (κ1) is 21.3. The van der Waals surface area contributed by atoms with Crippen LogP contribution in [0.1, 0.15) is 37.3 Å². The number of ether oxygens (including phenoxy) is 1. The molecule has 7 heteroatoms. The summed E-state index contributed by atoms with van der Waals surface area (Å²) in [5.74, 6) is 0.429. The van der Waals surface area contributed by atoms with Crippen molar-refractivity contribution in [1.29, 1.82) is 0 Å². The zero-order valence-corrected chi connectivity index (χ0v) is 17.9. The molecule has 0 spiro atoms. The van der Waals surface area contributed by atoms with Crippen LogP contribution in [0.5, 0.6) is 5.75 Å². The van der Waals surface area contributed by atoms with Gasteiger partial charge in [-0.3, -0.25) is 9.59 Å². The summed E-state index contributed by atoms with van der Waals surface area (Å²) in [6.07, 6.45) is 2.10. The van der Waals surface area contributed by atoms with Gasteiger partial charge in [0.15, 0.2) is 0 Å². The van der Waals surface area contributed by atoms with Crippen molar-refractivity contribution in [2.75, 3.05) is 18.5 Å². The predicted molar refractivity (Wildman–Crippen MR) is 113 cm³/mol. The van der Waals surface area contributed by atoms with Crippen LogP contribution in [0.15, 0.2) is 40.9 Å². The summed E-state index contributed by atoms with van der Waals surface area (Å²) < 4.78 is 20.5. The molecule has 0 atom stereocenters. The molecule has 1 N–H and O–H groups in total. The second kappa shape index (κ2) is 9.87. The maximum absolute atomic E-state index is 14.0. The van der Waals surface area contributed by atoms with Gasteiger partial charge >= 0.3 is 0 Å². The molecule has 0 fully saturated rings. The monoisotopic (exact) mass is 462 g/mol. The fourth-order valence-corrected chi connectivity index (χ4v) is 3.68. The van der Waals surface area contributed by atoms with Crippen molar-refractivity contribution in [2.45, 2.75) is 39.2 Å². The Bertz CT molecular complexity index is 904. The number of hydrogen-bond acceptors (Lipinski definition) is 3. The number of carbonyl (C=O) groups excluding carboxylic acids is 2. The number of hydrogen-bond donors (Lipinski definition) is 1. The highest BCUT2D eigenvalue weighted by molar-refractivity contribution is 9.10. The molecule has 154 valence electrons. The van der Waals surface area contributed by atoms with Crippen molar-refractivity contribution < 1.29 is 18.7 Å². The minimum Gasteiger partial charge on any atom is -0.494 e. The van der Waals surface area contributed by atoms with Crippen LogP contribution in [-0.2, 0) is 22.6 Å². The molecule has 2 aromatic rings. The van der Waals surface area contributed by atoms with Crippen molar-refractivity contribution in [3.05, 3.63) is 57.8 Å². The van der Waals surface area contributed by atoms with E-state index in [-0.39, 0.29) is 24.2 Å². The average Bonchev–Trinajstić information content (AvgIpc) is 2.71. The van der Waals surface area contributed by atoms with Crippen molar-refractivity contribution in [2.24, 2.45) is 0 Å². The second-order valence-electron chi connectivity index (χ2n) is 6.96. The number of benzene rings is 2. The summed E-state index contributed by atoms with van der Waals surface area (Å²) in [6, 6.07) is 10.3. The smallest absolute Gasteiger partial charge is 0.224 e. The number of amides is 2. The molecule has 29 heavy (non-hydrogen) atoms. The van der Waals surface area contributed by atoms with Crippen molar-refractivity contribution in [3.8, 4) is 5.75 Å². The number of halogens is 2. The van der Waals surface area contributed by atoms with Crippen LogP contribution in [0, 0.1) is 5.82 Å². The van der Waals surface area contributed by atoms with E-state index < -0.39 is 0 Å². The molecule has 3 rings (SSSR count). The first-order valence-corrected chi connectivity index (χ1v) is 10.5. The number of nitrogens with one attached hydrogen (secondary N) is 1. The number of anilines is 1. The lowest BCUT2D eigenvalue weighted by Gasteiger charge is -2.21. The summed E-state index contributed by atoms with van der Waals surface area (Å²) >= 11 is 3.34. The average molecular weight is 463 g/mol. The second-order valence-corrected chi connectivity index (χ2v) is 7.88. The molecule has 0 radical (unpaired) electrons. The summed E-state index contributed by atoms with van der Waals surface area (Å²) in [5.41, 5.74) is 2.39. The molecule has 0 saturated carbocycles. The summed E-state index contributed by atoms with van der Waals surface area (Å²) in [6.45, 7) is 3.07. The highest BCUT2D eigenvalue weighted by Gasteiger charge is 2.16. The van der Waals surface area contributed by atoms with E-state index in [2.05, 4.69) is 21.2 Å². The van der Waals surface area contributed by atoms with E-state index in [9.17, 15) is 14.0 Å². The standard InChI is InChI=1S/C22H24BrFN2O3/c1-2-26(14-16-12-17(23)6-8-19(16)24)22(28)4-3-11-29-18-7-9-20-15(13-18)5-10-21(27)25-20/h6-9,12-13H,2-5,10-11,14H2,1H3,(H,25,27). The zero-order valence-electron chi connectivity index (χ0n) is 16.3. The van der Waals surface area contributed by atoms with Gasteiger partial charge in [0.1, 0.15) is 11.6 Å². The Labute approximate surface area is 178 Å². The molecule has 0 unspecified atom stereocenters. The number of nitrogens with zero attached hydrogens (tertiary/aromatic N) is 1. The van der Waals surface area contributed by atoms with Gasteiger partial charge in [-0.25, -0.2) is 4.39 Å². The highest BCUT2D eigenvalue weighted by atomic mass is 79.9. The Hall–Kier alpha value is -2.41. The van der Waals surface area contributed by atoms with Crippen LogP contribution in [0.3, 0.4) is 0 Å². The third-order valence-electron chi connectivity index (χ3n) is 4.88. The molecule has 0 saturated heterocycles. The molecule has 1 aliphatic heterocycles. The van der Waals surface area contributed by atoms with Gasteiger partial charge in [-0.05, 0) is 61.7 Å². The largest absolute Gasteiger partial charge is 0.494 e. The summed E-state index contributed by atoms with van der Waals surface area (Å²) in [5, 5.41) is 2.84.